The van der Waals surface area contributed by atoms with Crippen LogP contribution in [0.4, 0.5) is 0 Å². The molecule has 1 aliphatic carbocycles. The first-order chi connectivity index (χ1) is 7.43. The van der Waals surface area contributed by atoms with Crippen molar-refractivity contribution in [2.45, 2.75) is 25.4 Å². The van der Waals surface area contributed by atoms with Crippen LogP contribution in [0.15, 0.2) is 30.5 Å². The maximum Gasteiger partial charge on any atom is 0.0682 e. The van der Waals surface area contributed by atoms with Crippen molar-refractivity contribution in [3.8, 4) is 0 Å². The number of nitrogens with one attached hydrogen (secondary N) is 1. The highest BCUT2D eigenvalue weighted by atomic mass is 15.3. The van der Waals surface area contributed by atoms with E-state index in [0.717, 1.165) is 19.1 Å². The Balaban J connectivity index is 1.72. The van der Waals surface area contributed by atoms with Crippen molar-refractivity contribution in [1.82, 2.24) is 15.1 Å². The van der Waals surface area contributed by atoms with Crippen LogP contribution in [0.1, 0.15) is 12.8 Å². The van der Waals surface area contributed by atoms with Gasteiger partial charge in [-0.1, -0.05) is 18.2 Å². The molecule has 0 aliphatic heterocycles. The molecule has 3 rings (SSSR count). The Hall–Kier alpha value is -1.35. The Morgan fingerprint density at radius 2 is 2.20 bits per heavy atom. The van der Waals surface area contributed by atoms with Crippen molar-refractivity contribution in [3.63, 3.8) is 0 Å². The van der Waals surface area contributed by atoms with E-state index in [4.69, 9.17) is 0 Å². The zero-order valence-electron chi connectivity index (χ0n) is 8.69. The van der Waals surface area contributed by atoms with Crippen LogP contribution in [0.5, 0.6) is 0 Å². The Morgan fingerprint density at radius 3 is 3.07 bits per heavy atom. The monoisotopic (exact) mass is 201 g/mol. The van der Waals surface area contributed by atoms with E-state index < -0.39 is 0 Å². The molecule has 0 bridgehead atoms. The number of hydrogen-bond acceptors (Lipinski definition) is 2. The lowest BCUT2D eigenvalue weighted by Gasteiger charge is -2.04. The molecule has 0 unspecified atom stereocenters. The van der Waals surface area contributed by atoms with Gasteiger partial charge in [-0.3, -0.25) is 4.68 Å². The smallest absolute Gasteiger partial charge is 0.0682 e. The van der Waals surface area contributed by atoms with Crippen LogP contribution in [0.2, 0.25) is 0 Å². The minimum Gasteiger partial charge on any atom is -0.312 e. The van der Waals surface area contributed by atoms with Crippen molar-refractivity contribution in [2.75, 3.05) is 6.54 Å². The number of benzene rings is 1. The first-order valence-electron chi connectivity index (χ1n) is 5.57. The van der Waals surface area contributed by atoms with E-state index in [9.17, 15) is 0 Å². The Kier molecular flexibility index (Phi) is 2.18. The first kappa shape index (κ1) is 8.92. The van der Waals surface area contributed by atoms with E-state index >= 15 is 0 Å². The molecule has 1 aromatic heterocycles. The van der Waals surface area contributed by atoms with Crippen molar-refractivity contribution >= 4 is 10.9 Å². The molecule has 0 spiro atoms. The van der Waals surface area contributed by atoms with Gasteiger partial charge in [-0.15, -0.1) is 0 Å². The highest BCUT2D eigenvalue weighted by Gasteiger charge is 2.19. The fourth-order valence-electron chi connectivity index (χ4n) is 1.87. The summed E-state index contributed by atoms with van der Waals surface area (Å²) in [6.45, 7) is 1.99. The fraction of sp³-hybridized carbons (Fsp3) is 0.417. The van der Waals surface area contributed by atoms with Crippen LogP contribution in [0.25, 0.3) is 10.9 Å². The molecule has 0 amide bonds. The van der Waals surface area contributed by atoms with Gasteiger partial charge in [0.1, 0.15) is 0 Å². The second-order valence-corrected chi connectivity index (χ2v) is 4.15. The summed E-state index contributed by atoms with van der Waals surface area (Å²) >= 11 is 0. The predicted octanol–water partition coefficient (Wildman–Crippen LogP) is 1.79. The van der Waals surface area contributed by atoms with Crippen molar-refractivity contribution in [3.05, 3.63) is 30.5 Å². The third-order valence-corrected chi connectivity index (χ3v) is 2.89. The second-order valence-electron chi connectivity index (χ2n) is 4.15. The lowest BCUT2D eigenvalue weighted by atomic mass is 10.3. The van der Waals surface area contributed by atoms with E-state index in [1.807, 2.05) is 6.20 Å². The van der Waals surface area contributed by atoms with Gasteiger partial charge in [-0.2, -0.15) is 5.10 Å². The molecule has 3 nitrogen and oxygen atoms in total. The van der Waals surface area contributed by atoms with Gasteiger partial charge in [0.05, 0.1) is 18.3 Å². The molecule has 0 radical (unpaired) electrons. The minimum absolute atomic E-state index is 0.784. The summed E-state index contributed by atoms with van der Waals surface area (Å²) in [5.74, 6) is 0. The molecular formula is C12H15N3. The third kappa shape index (κ3) is 1.88. The summed E-state index contributed by atoms with van der Waals surface area (Å²) in [4.78, 5) is 0. The van der Waals surface area contributed by atoms with Crippen molar-refractivity contribution in [1.29, 1.82) is 0 Å². The van der Waals surface area contributed by atoms with Gasteiger partial charge in [0.25, 0.3) is 0 Å². The van der Waals surface area contributed by atoms with E-state index in [1.54, 1.807) is 0 Å². The Morgan fingerprint density at radius 1 is 1.33 bits per heavy atom. The summed E-state index contributed by atoms with van der Waals surface area (Å²) in [7, 11) is 0. The molecule has 2 aromatic rings. The number of hydrogen-bond donors (Lipinski definition) is 1. The van der Waals surface area contributed by atoms with Crippen LogP contribution >= 0.6 is 0 Å². The molecule has 3 heteroatoms. The summed E-state index contributed by atoms with van der Waals surface area (Å²) in [5.41, 5.74) is 1.23. The summed E-state index contributed by atoms with van der Waals surface area (Å²) in [5, 5.41) is 9.11. The van der Waals surface area contributed by atoms with Crippen LogP contribution in [-0.4, -0.2) is 22.4 Å². The Labute approximate surface area is 89.1 Å². The molecule has 1 aromatic carbocycles. The predicted molar refractivity (Wildman–Crippen MR) is 60.8 cm³/mol. The van der Waals surface area contributed by atoms with Crippen LogP contribution in [-0.2, 0) is 6.54 Å². The second kappa shape index (κ2) is 3.66. The number of nitrogens with zero attached hydrogens (tertiary/aromatic N) is 2. The van der Waals surface area contributed by atoms with Crippen molar-refractivity contribution < 1.29 is 0 Å². The molecule has 0 atom stereocenters. The molecule has 1 N–H and O–H groups in total. The lowest BCUT2D eigenvalue weighted by Crippen LogP contribution is -2.22. The largest absolute Gasteiger partial charge is 0.312 e. The van der Waals surface area contributed by atoms with Gasteiger partial charge < -0.3 is 5.32 Å². The molecule has 15 heavy (non-hydrogen) atoms. The quantitative estimate of drug-likeness (QED) is 0.817. The van der Waals surface area contributed by atoms with Crippen molar-refractivity contribution in [2.24, 2.45) is 0 Å². The number of para-hydroxylation sites is 1. The molecule has 1 fully saturated rings. The van der Waals surface area contributed by atoms with Crippen LogP contribution < -0.4 is 5.32 Å². The zero-order valence-corrected chi connectivity index (χ0v) is 8.69. The normalized spacial score (nSPS) is 16.0. The molecule has 1 heterocycles. The molecule has 78 valence electrons. The average molecular weight is 201 g/mol. The molecular weight excluding hydrogens is 186 g/mol. The summed E-state index contributed by atoms with van der Waals surface area (Å²) in [6, 6.07) is 9.13. The Bertz CT molecular complexity index is 457. The number of fused-ring (bicyclic) bond motifs is 1. The van der Waals surface area contributed by atoms with Crippen LogP contribution in [0.3, 0.4) is 0 Å². The third-order valence-electron chi connectivity index (χ3n) is 2.89. The van der Waals surface area contributed by atoms with Gasteiger partial charge in [0.15, 0.2) is 0 Å². The van der Waals surface area contributed by atoms with Gasteiger partial charge in [-0.25, -0.2) is 0 Å². The fourth-order valence-corrected chi connectivity index (χ4v) is 1.87. The minimum atomic E-state index is 0.784. The van der Waals surface area contributed by atoms with Gasteiger partial charge in [0, 0.05) is 18.0 Å². The summed E-state index contributed by atoms with van der Waals surface area (Å²) in [6.07, 6.45) is 4.63. The van der Waals surface area contributed by atoms with E-state index in [1.165, 1.54) is 23.7 Å². The zero-order chi connectivity index (χ0) is 10.1. The standard InChI is InChI=1S/C12H15N3/c1-2-4-12-10(3-1)9-14-15(12)8-7-13-11-5-6-11/h1-4,9,11,13H,5-8H2. The van der Waals surface area contributed by atoms with Gasteiger partial charge in [-0.05, 0) is 18.9 Å². The molecule has 1 aliphatic rings. The number of rotatable bonds is 4. The number of aromatic nitrogens is 2. The maximum absolute atomic E-state index is 4.39. The van der Waals surface area contributed by atoms with Gasteiger partial charge in [0.2, 0.25) is 0 Å². The molecule has 1 saturated carbocycles. The average Bonchev–Trinajstić information content (AvgIpc) is 3.00. The topological polar surface area (TPSA) is 29.9 Å². The van der Waals surface area contributed by atoms with E-state index in [2.05, 4.69) is 39.4 Å². The lowest BCUT2D eigenvalue weighted by molar-refractivity contribution is 0.565. The van der Waals surface area contributed by atoms with E-state index in [0.29, 0.717) is 0 Å². The van der Waals surface area contributed by atoms with Gasteiger partial charge >= 0.3 is 0 Å². The van der Waals surface area contributed by atoms with Crippen LogP contribution in [0, 0.1) is 0 Å². The first-order valence-corrected chi connectivity index (χ1v) is 5.57. The highest BCUT2D eigenvalue weighted by Crippen LogP contribution is 2.18. The maximum atomic E-state index is 4.39. The SMILES string of the molecule is c1ccc2c(c1)cnn2CCNC1CC1. The highest BCUT2D eigenvalue weighted by molar-refractivity contribution is 5.78. The summed E-state index contributed by atoms with van der Waals surface area (Å²) < 4.78 is 2.07. The molecule has 0 saturated heterocycles. The van der Waals surface area contributed by atoms with E-state index in [-0.39, 0.29) is 0 Å².